The summed E-state index contributed by atoms with van der Waals surface area (Å²) in [5, 5.41) is 0.999. The zero-order valence-corrected chi connectivity index (χ0v) is 31.2. The minimum atomic E-state index is -4.26. The Hall–Kier alpha value is -3.62. The number of ether oxygens (including phenoxy) is 1. The smallest absolute Gasteiger partial charge is 0.401 e. The summed E-state index contributed by atoms with van der Waals surface area (Å²) >= 11 is 0. The first kappa shape index (κ1) is 35.1. The quantitative estimate of drug-likeness (QED) is 0.324. The number of nitrogens with one attached hydrogen (secondary N) is 1. The third-order valence-corrected chi connectivity index (χ3v) is 15.3. The van der Waals surface area contributed by atoms with Gasteiger partial charge in [-0.05, 0) is 79.5 Å². The molecule has 3 aliphatic carbocycles. The first-order valence-corrected chi connectivity index (χ1v) is 20.2. The van der Waals surface area contributed by atoms with Crippen LogP contribution in [0.15, 0.2) is 36.4 Å². The summed E-state index contributed by atoms with van der Waals surface area (Å²) in [5.41, 5.74) is 3.93. The Bertz CT molecular complexity index is 2140. The molecule has 2 aromatic carbocycles. The molecular formula is C39H46F3N5O5S. The Labute approximate surface area is 307 Å². The summed E-state index contributed by atoms with van der Waals surface area (Å²) in [4.78, 5) is 32.1. The van der Waals surface area contributed by atoms with E-state index in [-0.39, 0.29) is 34.1 Å². The molecule has 0 spiro atoms. The molecule has 284 valence electrons. The van der Waals surface area contributed by atoms with Crippen molar-refractivity contribution in [1.29, 1.82) is 0 Å². The normalized spacial score (nSPS) is 29.5. The Balaban J connectivity index is 1.15. The van der Waals surface area contributed by atoms with E-state index in [9.17, 15) is 26.4 Å². The first-order chi connectivity index (χ1) is 25.1. The fourth-order valence-corrected chi connectivity index (χ4v) is 11.7. The van der Waals surface area contributed by atoms with Crippen LogP contribution < -0.4 is 9.46 Å². The van der Waals surface area contributed by atoms with Crippen LogP contribution in [0.3, 0.4) is 0 Å². The number of benzene rings is 2. The van der Waals surface area contributed by atoms with Crippen LogP contribution in [-0.4, -0.2) is 99.0 Å². The van der Waals surface area contributed by atoms with Crippen molar-refractivity contribution in [2.24, 2.45) is 16.2 Å². The topological polar surface area (TPSA) is 104 Å². The lowest BCUT2D eigenvalue weighted by Gasteiger charge is -2.48. The molecule has 2 amide bonds. The second-order valence-corrected chi connectivity index (χ2v) is 18.9. The van der Waals surface area contributed by atoms with Gasteiger partial charge in [-0.3, -0.25) is 14.5 Å². The van der Waals surface area contributed by atoms with Crippen molar-refractivity contribution in [2.45, 2.75) is 75.9 Å². The third-order valence-electron chi connectivity index (χ3n) is 13.8. The summed E-state index contributed by atoms with van der Waals surface area (Å²) in [6.45, 7) is 1.12. The second-order valence-electron chi connectivity index (χ2n) is 17.0. The van der Waals surface area contributed by atoms with E-state index in [0.29, 0.717) is 44.9 Å². The highest BCUT2D eigenvalue weighted by atomic mass is 32.2. The molecule has 1 N–H and O–H groups in total. The van der Waals surface area contributed by atoms with Gasteiger partial charge in [0.05, 0.1) is 24.8 Å². The molecule has 10 nitrogen and oxygen atoms in total. The number of likely N-dealkylation sites (tertiary alicyclic amines) is 2. The Morgan fingerprint density at radius 1 is 0.962 bits per heavy atom. The summed E-state index contributed by atoms with van der Waals surface area (Å²) in [5.74, 6) is 0.215. The second kappa shape index (κ2) is 11.7. The maximum atomic E-state index is 15.1. The number of aromatic nitrogens is 1. The van der Waals surface area contributed by atoms with E-state index < -0.39 is 34.3 Å². The van der Waals surface area contributed by atoms with Gasteiger partial charge < -0.3 is 14.2 Å². The molecular weight excluding hydrogens is 708 g/mol. The predicted octanol–water partition coefficient (Wildman–Crippen LogP) is 5.87. The lowest BCUT2D eigenvalue weighted by atomic mass is 9.53. The Kier molecular flexibility index (Phi) is 7.74. The van der Waals surface area contributed by atoms with E-state index in [1.807, 2.05) is 17.0 Å². The average Bonchev–Trinajstić information content (AvgIpc) is 3.66. The van der Waals surface area contributed by atoms with Gasteiger partial charge in [-0.1, -0.05) is 25.3 Å². The molecule has 53 heavy (non-hydrogen) atoms. The molecule has 0 bridgehead atoms. The van der Waals surface area contributed by atoms with Crippen LogP contribution in [0.1, 0.15) is 84.7 Å². The number of nitrogens with zero attached hydrogens (tertiary/aromatic N) is 4. The summed E-state index contributed by atoms with van der Waals surface area (Å²) in [6.07, 6.45) is 3.47. The van der Waals surface area contributed by atoms with Crippen LogP contribution in [0, 0.1) is 16.2 Å². The molecule has 9 rings (SSSR count). The van der Waals surface area contributed by atoms with E-state index in [0.717, 1.165) is 70.6 Å². The summed E-state index contributed by atoms with van der Waals surface area (Å²) < 4.78 is 76.6. The number of rotatable bonds is 7. The van der Waals surface area contributed by atoms with Crippen molar-refractivity contribution in [3.8, 4) is 17.0 Å². The highest BCUT2D eigenvalue weighted by molar-refractivity contribution is 7.87. The molecule has 2 saturated heterocycles. The van der Waals surface area contributed by atoms with Gasteiger partial charge in [0.25, 0.3) is 5.91 Å². The van der Waals surface area contributed by atoms with E-state index in [4.69, 9.17) is 4.74 Å². The fourth-order valence-electron chi connectivity index (χ4n) is 11.1. The standard InChI is InChI=1S/C39H46F3N5O5S/c1-44(2)53(50,51)43-34(48)25-9-11-28-31(15-25)47-22-38(35(49)46-20-36-13-14-37(36,21-46)19-45(18-36)23-39(40,41)42)17-30(38)29-16-26(52-3)10-12-27(29)33(47)32(28)24-7-5-4-6-8-24/h9-12,15-16,24,30H,4-8,13-14,17-23H2,1-3H3,(H,43,48)/t30-,36?,37?,38-/m0/s1. The maximum absolute atomic E-state index is 15.1. The van der Waals surface area contributed by atoms with Crippen LogP contribution in [0.25, 0.3) is 22.2 Å². The number of amides is 2. The van der Waals surface area contributed by atoms with Gasteiger partial charge in [-0.15, -0.1) is 0 Å². The van der Waals surface area contributed by atoms with Gasteiger partial charge in [0, 0.05) is 85.6 Å². The lowest BCUT2D eigenvalue weighted by molar-refractivity contribution is -0.146. The van der Waals surface area contributed by atoms with Crippen molar-refractivity contribution in [3.63, 3.8) is 0 Å². The zero-order chi connectivity index (χ0) is 37.3. The van der Waals surface area contributed by atoms with Gasteiger partial charge in [0.15, 0.2) is 0 Å². The molecule has 1 aromatic heterocycles. The Morgan fingerprint density at radius 2 is 1.66 bits per heavy atom. The van der Waals surface area contributed by atoms with Gasteiger partial charge in [0.1, 0.15) is 5.75 Å². The maximum Gasteiger partial charge on any atom is 0.401 e. The first-order valence-electron chi connectivity index (χ1n) is 18.8. The van der Waals surface area contributed by atoms with E-state index >= 15 is 4.79 Å². The number of fused-ring (bicyclic) bond motifs is 7. The highest BCUT2D eigenvalue weighted by Crippen LogP contribution is 2.70. The fraction of sp³-hybridized carbons (Fsp3) is 0.590. The average molecular weight is 754 g/mol. The number of halogens is 3. The van der Waals surface area contributed by atoms with Gasteiger partial charge in [-0.25, -0.2) is 4.72 Å². The van der Waals surface area contributed by atoms with Crippen LogP contribution >= 0.6 is 0 Å². The summed E-state index contributed by atoms with van der Waals surface area (Å²) in [6, 6.07) is 11.5. The van der Waals surface area contributed by atoms with Crippen molar-refractivity contribution in [3.05, 3.63) is 53.1 Å². The summed E-state index contributed by atoms with van der Waals surface area (Å²) in [7, 11) is 0.315. The van der Waals surface area contributed by atoms with Crippen molar-refractivity contribution in [1.82, 2.24) is 23.4 Å². The molecule has 6 aliphatic rings. The van der Waals surface area contributed by atoms with Crippen molar-refractivity contribution < 1.29 is 35.9 Å². The number of hydrogen-bond acceptors (Lipinski definition) is 6. The molecule has 4 heterocycles. The number of methoxy groups -OCH3 is 1. The Morgan fingerprint density at radius 3 is 2.28 bits per heavy atom. The largest absolute Gasteiger partial charge is 0.497 e. The molecule has 2 unspecified atom stereocenters. The molecule has 0 radical (unpaired) electrons. The van der Waals surface area contributed by atoms with Crippen molar-refractivity contribution in [2.75, 3.05) is 53.9 Å². The minimum Gasteiger partial charge on any atom is -0.497 e. The molecule has 3 saturated carbocycles. The number of hydrogen-bond donors (Lipinski definition) is 1. The predicted molar refractivity (Wildman–Crippen MR) is 193 cm³/mol. The molecule has 5 fully saturated rings. The number of alkyl halides is 3. The number of carbonyl (C=O) groups excluding carboxylic acids is 2. The third kappa shape index (κ3) is 5.28. The monoisotopic (exact) mass is 753 g/mol. The zero-order valence-electron chi connectivity index (χ0n) is 30.4. The molecule has 4 atom stereocenters. The van der Waals surface area contributed by atoms with Gasteiger partial charge in [-0.2, -0.15) is 25.9 Å². The number of carbonyl (C=O) groups is 2. The van der Waals surface area contributed by atoms with E-state index in [2.05, 4.69) is 21.4 Å². The molecule has 3 aromatic rings. The molecule has 3 aliphatic heterocycles. The van der Waals surface area contributed by atoms with Gasteiger partial charge >= 0.3 is 16.4 Å². The van der Waals surface area contributed by atoms with Crippen LogP contribution in [-0.2, 0) is 21.5 Å². The lowest BCUT2D eigenvalue weighted by Crippen LogP contribution is -2.49. The van der Waals surface area contributed by atoms with Crippen molar-refractivity contribution >= 4 is 32.9 Å². The van der Waals surface area contributed by atoms with Crippen LogP contribution in [0.4, 0.5) is 13.2 Å². The van der Waals surface area contributed by atoms with E-state index in [1.165, 1.54) is 26.1 Å². The SMILES string of the molecule is COc1ccc2c(c1)[C@@H]1C[C@]1(C(=O)N1CC34CCC3(CN(CC(F)(F)F)C4)C1)Cn1c-2c(C2CCCCC2)c2ccc(C(=O)NS(=O)(=O)N(C)C)cc21. The van der Waals surface area contributed by atoms with Gasteiger partial charge in [0.2, 0.25) is 5.91 Å². The highest BCUT2D eigenvalue weighted by Gasteiger charge is 2.72. The van der Waals surface area contributed by atoms with E-state index in [1.54, 1.807) is 24.1 Å². The minimum absolute atomic E-state index is 0.0496. The van der Waals surface area contributed by atoms with Crippen LogP contribution in [0.5, 0.6) is 5.75 Å². The molecule has 14 heteroatoms. The van der Waals surface area contributed by atoms with Crippen LogP contribution in [0.2, 0.25) is 0 Å².